The van der Waals surface area contributed by atoms with E-state index in [0.717, 1.165) is 45.1 Å². The van der Waals surface area contributed by atoms with Crippen LogP contribution < -0.4 is 20.3 Å². The predicted octanol–water partition coefficient (Wildman–Crippen LogP) is 2.66. The van der Waals surface area contributed by atoms with Crippen LogP contribution >= 0.6 is 0 Å². The smallest absolute Gasteiger partial charge is 0.245 e. The summed E-state index contributed by atoms with van der Waals surface area (Å²) in [6, 6.07) is 14.9. The van der Waals surface area contributed by atoms with E-state index in [1.54, 1.807) is 18.2 Å². The Balaban J connectivity index is 0.969. The summed E-state index contributed by atoms with van der Waals surface area (Å²) in [5.74, 6) is 0.526. The molecule has 2 amide bonds. The Kier molecular flexibility index (Phi) is 9.05. The van der Waals surface area contributed by atoms with Crippen LogP contribution in [0.5, 0.6) is 5.75 Å². The van der Waals surface area contributed by atoms with Crippen LogP contribution in [0.3, 0.4) is 0 Å². The number of ether oxygens (including phenoxy) is 2. The number of halogens is 1. The van der Waals surface area contributed by atoms with Gasteiger partial charge in [0.25, 0.3) is 0 Å². The lowest BCUT2D eigenvalue weighted by molar-refractivity contribution is -0.141. The van der Waals surface area contributed by atoms with E-state index in [1.807, 2.05) is 19.1 Å². The Bertz CT molecular complexity index is 1690. The molecule has 13 nitrogen and oxygen atoms in total. The summed E-state index contributed by atoms with van der Waals surface area (Å²) in [5, 5.41) is 15.8. The first-order valence-corrected chi connectivity index (χ1v) is 16.4. The van der Waals surface area contributed by atoms with Gasteiger partial charge in [0.1, 0.15) is 30.3 Å². The SMILES string of the molecule is C[C@H]1C[C@H](Oc2ccc(-c3ncnc(Nc4ccc(N5CCN(C6COC6)CC5)cc4)n3)cc2C#N)[C@H](F)CN1C(=O)C1CCC(=O)N1. The van der Waals surface area contributed by atoms with Crippen molar-refractivity contribution in [1.29, 1.82) is 5.26 Å². The molecule has 0 spiro atoms. The third-order valence-electron chi connectivity index (χ3n) is 9.60. The Labute approximate surface area is 278 Å². The van der Waals surface area contributed by atoms with Crippen LogP contribution in [0.15, 0.2) is 48.8 Å². The average Bonchev–Trinajstić information content (AvgIpc) is 3.52. The van der Waals surface area contributed by atoms with E-state index in [-0.39, 0.29) is 42.1 Å². The minimum absolute atomic E-state index is 0.145. The first kappa shape index (κ1) is 31.7. The zero-order valence-corrected chi connectivity index (χ0v) is 26.7. The number of rotatable bonds is 8. The van der Waals surface area contributed by atoms with Gasteiger partial charge in [0, 0.05) is 62.0 Å². The number of likely N-dealkylation sites (tertiary alicyclic amines) is 1. The number of anilines is 3. The lowest BCUT2D eigenvalue weighted by Gasteiger charge is -2.43. The molecule has 0 saturated carbocycles. The molecule has 5 heterocycles. The Hall–Kier alpha value is -4.87. The van der Waals surface area contributed by atoms with Crippen molar-refractivity contribution < 1.29 is 23.5 Å². The fraction of sp³-hybridized carbons (Fsp3) is 0.471. The molecular weight excluding hydrogens is 617 g/mol. The number of hydrogen-bond donors (Lipinski definition) is 2. The second-order valence-electron chi connectivity index (χ2n) is 12.7. The Morgan fingerprint density at radius 2 is 1.92 bits per heavy atom. The standard InChI is InChI=1S/C34H38FN9O4/c1-21-14-30(27(35)17-44(21)33(46)28-7-9-31(45)40-28)48-29-8-2-22(15-23(29)16-36)32-37-20-38-34(41-32)39-24-3-5-25(6-4-24)42-10-12-43(13-11-42)26-18-47-19-26/h2-6,8,15,20-21,26-28,30H,7,9-14,17-19H2,1H3,(H,40,45)(H,37,38,39,41)/t21-,27+,28?,30-/m0/s1. The van der Waals surface area contributed by atoms with Crippen molar-refractivity contribution in [1.82, 2.24) is 30.1 Å². The molecule has 250 valence electrons. The third kappa shape index (κ3) is 6.74. The Morgan fingerprint density at radius 3 is 2.60 bits per heavy atom. The van der Waals surface area contributed by atoms with Crippen LogP contribution in [0.25, 0.3) is 11.4 Å². The van der Waals surface area contributed by atoms with E-state index < -0.39 is 18.3 Å². The van der Waals surface area contributed by atoms with Crippen molar-refractivity contribution in [2.24, 2.45) is 0 Å². The predicted molar refractivity (Wildman–Crippen MR) is 174 cm³/mol. The van der Waals surface area contributed by atoms with Gasteiger partial charge < -0.3 is 29.9 Å². The number of carbonyl (C=O) groups is 2. The molecule has 14 heteroatoms. The van der Waals surface area contributed by atoms with Gasteiger partial charge in [-0.15, -0.1) is 0 Å². The maximum absolute atomic E-state index is 15.3. The van der Waals surface area contributed by atoms with E-state index in [1.165, 1.54) is 16.9 Å². The van der Waals surface area contributed by atoms with Crippen LogP contribution in [0.2, 0.25) is 0 Å². The highest BCUT2D eigenvalue weighted by atomic mass is 19.1. The summed E-state index contributed by atoms with van der Waals surface area (Å²) in [6.45, 7) is 7.39. The number of amides is 2. The zero-order chi connectivity index (χ0) is 33.2. The number of nitrogens with one attached hydrogen (secondary N) is 2. The van der Waals surface area contributed by atoms with E-state index in [0.29, 0.717) is 36.2 Å². The van der Waals surface area contributed by atoms with E-state index >= 15 is 4.39 Å². The third-order valence-corrected chi connectivity index (χ3v) is 9.60. The largest absolute Gasteiger partial charge is 0.486 e. The van der Waals surface area contributed by atoms with Gasteiger partial charge in [-0.3, -0.25) is 14.5 Å². The molecule has 3 aromatic rings. The second kappa shape index (κ2) is 13.7. The number of aromatic nitrogens is 3. The first-order valence-electron chi connectivity index (χ1n) is 16.4. The van der Waals surface area contributed by atoms with Crippen molar-refractivity contribution in [2.45, 2.75) is 56.6 Å². The quantitative estimate of drug-likeness (QED) is 0.369. The van der Waals surface area contributed by atoms with Crippen molar-refractivity contribution in [3.8, 4) is 23.2 Å². The van der Waals surface area contributed by atoms with Crippen LogP contribution in [0, 0.1) is 11.3 Å². The summed E-state index contributed by atoms with van der Waals surface area (Å²) in [7, 11) is 0. The molecule has 4 aliphatic rings. The second-order valence-corrected chi connectivity index (χ2v) is 12.7. The van der Waals surface area contributed by atoms with Gasteiger partial charge in [-0.1, -0.05) is 0 Å². The molecule has 1 aromatic heterocycles. The van der Waals surface area contributed by atoms with Gasteiger partial charge in [0.05, 0.1) is 31.4 Å². The number of benzene rings is 2. The van der Waals surface area contributed by atoms with Gasteiger partial charge in [0.2, 0.25) is 17.8 Å². The number of nitriles is 1. The molecule has 4 saturated heterocycles. The molecule has 0 radical (unpaired) electrons. The number of piperazine rings is 1. The Morgan fingerprint density at radius 1 is 1.12 bits per heavy atom. The summed E-state index contributed by atoms with van der Waals surface area (Å²) in [4.78, 5) is 44.0. The normalized spacial score (nSPS) is 24.8. The average molecular weight is 656 g/mol. The summed E-state index contributed by atoms with van der Waals surface area (Å²) in [5.41, 5.74) is 2.79. The van der Waals surface area contributed by atoms with Gasteiger partial charge in [-0.05, 0) is 55.8 Å². The van der Waals surface area contributed by atoms with Crippen molar-refractivity contribution in [3.05, 3.63) is 54.4 Å². The van der Waals surface area contributed by atoms with Crippen LogP contribution in [-0.4, -0.2) is 113 Å². The molecular formula is C34H38FN9O4. The summed E-state index contributed by atoms with van der Waals surface area (Å²) < 4.78 is 26.7. The van der Waals surface area contributed by atoms with Gasteiger partial charge >= 0.3 is 0 Å². The van der Waals surface area contributed by atoms with Crippen LogP contribution in [0.4, 0.5) is 21.7 Å². The van der Waals surface area contributed by atoms with Gasteiger partial charge in [-0.25, -0.2) is 14.4 Å². The summed E-state index contributed by atoms with van der Waals surface area (Å²) >= 11 is 0. The van der Waals surface area contributed by atoms with E-state index in [2.05, 4.69) is 53.6 Å². The minimum atomic E-state index is -1.46. The maximum atomic E-state index is 15.3. The molecule has 48 heavy (non-hydrogen) atoms. The van der Waals surface area contributed by atoms with Crippen molar-refractivity contribution in [3.63, 3.8) is 0 Å². The molecule has 2 aromatic carbocycles. The van der Waals surface area contributed by atoms with Crippen LogP contribution in [0.1, 0.15) is 31.7 Å². The number of carbonyl (C=O) groups excluding carboxylic acids is 2. The molecule has 2 N–H and O–H groups in total. The first-order chi connectivity index (χ1) is 23.3. The number of alkyl halides is 1. The molecule has 7 rings (SSSR count). The van der Waals surface area contributed by atoms with Gasteiger partial charge in [0.15, 0.2) is 12.0 Å². The molecule has 1 unspecified atom stereocenters. The monoisotopic (exact) mass is 655 g/mol. The molecule has 4 fully saturated rings. The molecule has 0 bridgehead atoms. The van der Waals surface area contributed by atoms with Crippen molar-refractivity contribution in [2.75, 3.05) is 56.2 Å². The maximum Gasteiger partial charge on any atom is 0.245 e. The number of piperidine rings is 1. The highest BCUT2D eigenvalue weighted by molar-refractivity contribution is 5.91. The van der Waals surface area contributed by atoms with Gasteiger partial charge in [-0.2, -0.15) is 10.2 Å². The topological polar surface area (TPSA) is 149 Å². The molecule has 4 aliphatic heterocycles. The zero-order valence-electron chi connectivity index (χ0n) is 26.7. The highest BCUT2D eigenvalue weighted by Crippen LogP contribution is 2.31. The lowest BCUT2D eigenvalue weighted by atomic mass is 9.97. The van der Waals surface area contributed by atoms with Crippen molar-refractivity contribution >= 4 is 29.1 Å². The highest BCUT2D eigenvalue weighted by Gasteiger charge is 2.41. The van der Waals surface area contributed by atoms with E-state index in [4.69, 9.17) is 9.47 Å². The fourth-order valence-corrected chi connectivity index (χ4v) is 6.71. The van der Waals surface area contributed by atoms with E-state index in [9.17, 15) is 14.9 Å². The fourth-order valence-electron chi connectivity index (χ4n) is 6.71. The lowest BCUT2D eigenvalue weighted by Crippen LogP contribution is -2.57. The number of nitrogens with zero attached hydrogens (tertiary/aromatic N) is 7. The molecule has 0 aliphatic carbocycles. The number of hydrogen-bond acceptors (Lipinski definition) is 11. The summed E-state index contributed by atoms with van der Waals surface area (Å²) in [6.07, 6.45) is 0.0584. The minimum Gasteiger partial charge on any atom is -0.486 e. The molecule has 4 atom stereocenters. The van der Waals surface area contributed by atoms with Crippen LogP contribution in [-0.2, 0) is 14.3 Å².